The van der Waals surface area contributed by atoms with E-state index in [9.17, 15) is 62.3 Å². The van der Waals surface area contributed by atoms with E-state index < -0.39 is 156 Å². The van der Waals surface area contributed by atoms with E-state index in [1.165, 1.54) is 31.6 Å². The molecular weight excluding hydrogens is 909 g/mol. The van der Waals surface area contributed by atoms with Crippen LogP contribution in [0.15, 0.2) is 28.7 Å². The van der Waals surface area contributed by atoms with Crippen molar-refractivity contribution in [2.24, 2.45) is 0 Å². The van der Waals surface area contributed by atoms with Gasteiger partial charge in [0.15, 0.2) is 82.5 Å². The minimum absolute atomic E-state index is 0.0938. The molecule has 1 aromatic heterocycles. The van der Waals surface area contributed by atoms with Crippen molar-refractivity contribution in [2.75, 3.05) is 14.2 Å². The number of hydrogen-bond donors (Lipinski definition) is 0. The summed E-state index contributed by atoms with van der Waals surface area (Å²) in [5, 5.41) is 1.89. The fourth-order valence-electron chi connectivity index (χ4n) is 5.91. The third kappa shape index (κ3) is 7.62. The molecule has 0 fully saturated rings. The monoisotopic (exact) mass is 921 g/mol. The summed E-state index contributed by atoms with van der Waals surface area (Å²) >= 11 is 1.52. The quantitative estimate of drug-likeness (QED) is 0.0216. The number of allylic oxidation sites excluding steroid dienone is 1. The van der Waals surface area contributed by atoms with Gasteiger partial charge in [-0.15, -0.1) is 21.9 Å². The van der Waals surface area contributed by atoms with Gasteiger partial charge in [0.1, 0.15) is 58.3 Å². The van der Waals surface area contributed by atoms with Crippen molar-refractivity contribution in [1.82, 2.24) is 0 Å². The van der Waals surface area contributed by atoms with E-state index in [0.717, 1.165) is 0 Å². The lowest BCUT2D eigenvalue weighted by molar-refractivity contribution is -0.682. The molecule has 0 amide bonds. The first kappa shape index (κ1) is 47.5. The minimum atomic E-state index is -7.22. The lowest BCUT2D eigenvalue weighted by atomic mass is 9.12. The maximum Gasteiger partial charge on any atom is 0.345 e. The van der Waals surface area contributed by atoms with Gasteiger partial charge in [-0.05, 0) is 0 Å². The highest BCUT2D eigenvalue weighted by Crippen LogP contribution is 2.30. The molecule has 0 radical (unpaired) electrons. The zero-order valence-electron chi connectivity index (χ0n) is 29.1. The van der Waals surface area contributed by atoms with E-state index in [1.807, 2.05) is 21.7 Å². The fraction of sp³-hybridized carbons (Fsp3) is 0.0882. The molecule has 0 aliphatic heterocycles. The highest BCUT2D eigenvalue weighted by molar-refractivity contribution is 7.20. The van der Waals surface area contributed by atoms with Crippen LogP contribution in [-0.2, 0) is 25.6 Å². The van der Waals surface area contributed by atoms with Gasteiger partial charge in [0.2, 0.25) is 5.51 Å². The first-order valence-electron chi connectivity index (χ1n) is 15.4. The Morgan fingerprint density at radius 3 is 0.885 bits per heavy atom. The average Bonchev–Trinajstić information content (AvgIpc) is 3.77. The number of aromatic nitrogens is 1. The van der Waals surface area contributed by atoms with Crippen LogP contribution < -0.4 is 26.4 Å². The molecule has 5 nitrogen and oxygen atoms in total. The molecule has 5 rings (SSSR count). The fourth-order valence-corrected chi connectivity index (χ4v) is 6.52. The number of halogens is 20. The Kier molecular flexibility index (Phi) is 13.9. The largest absolute Gasteiger partial charge is 0.465 e. The van der Waals surface area contributed by atoms with Crippen molar-refractivity contribution in [3.05, 3.63) is 145 Å². The number of methoxy groups -OCH3 is 2. The van der Waals surface area contributed by atoms with Crippen molar-refractivity contribution in [1.29, 1.82) is 0 Å². The van der Waals surface area contributed by atoms with Gasteiger partial charge >= 0.3 is 11.9 Å². The number of hydrogen-bond acceptors (Lipinski definition) is 5. The number of carbonyl (C=O) groups is 2. The second-order valence-corrected chi connectivity index (χ2v) is 12.4. The van der Waals surface area contributed by atoms with Crippen LogP contribution in [0.2, 0.25) is 0 Å². The van der Waals surface area contributed by atoms with Crippen molar-refractivity contribution in [3.8, 4) is 0 Å². The maximum absolute atomic E-state index is 15.4. The van der Waals surface area contributed by atoms with Gasteiger partial charge < -0.3 is 9.47 Å². The molecule has 0 saturated carbocycles. The van der Waals surface area contributed by atoms with E-state index in [0.29, 0.717) is 6.54 Å². The molecule has 0 aliphatic rings. The summed E-state index contributed by atoms with van der Waals surface area (Å²) in [6.07, 6.45) is -3.90. The van der Waals surface area contributed by atoms with Crippen LogP contribution in [-0.4, -0.2) is 32.3 Å². The SMILES string of the molecule is COC(=O)C(=CC[n+]1ccsc1)C(=O)OC.Fc1c(F)c(F)c([B-](c2c(F)c(F)c(F)c(F)c2F)(c2c(F)c(F)c(F)c(F)c2F)c2c(F)c(F)c(F)c(F)c2F)c(F)c1F. The summed E-state index contributed by atoms with van der Waals surface area (Å²) in [5.41, 5.74) is -12.6. The standard InChI is InChI=1S/C24BF20.C10H12NO4S/c26-5-1(6(27)14(35)21(42)13(5)34)25(2-7(28)15(36)22(43)16(37)8(2)29,3-9(30)17(38)23(44)18(39)10(3)31)4-11(32)19(40)24(45)20(41)12(4)33;1-14-9(12)8(10(13)15-2)3-4-11-5-6-16-7-11/h;3,5-7H,4H2,1-2H3/q-1;+1. The molecule has 0 N–H and O–H groups in total. The van der Waals surface area contributed by atoms with Crippen molar-refractivity contribution in [3.63, 3.8) is 0 Å². The van der Waals surface area contributed by atoms with Gasteiger partial charge in [0, 0.05) is 6.08 Å². The second kappa shape index (κ2) is 17.8. The van der Waals surface area contributed by atoms with E-state index in [4.69, 9.17) is 0 Å². The molecule has 0 bridgehead atoms. The van der Waals surface area contributed by atoms with Crippen LogP contribution in [0.25, 0.3) is 0 Å². The van der Waals surface area contributed by atoms with Crippen LogP contribution in [0.5, 0.6) is 0 Å². The molecule has 0 atom stereocenters. The maximum atomic E-state index is 15.4. The topological polar surface area (TPSA) is 56.5 Å². The van der Waals surface area contributed by atoms with Gasteiger partial charge in [-0.2, -0.15) is 4.57 Å². The van der Waals surface area contributed by atoms with Crippen LogP contribution in [0.1, 0.15) is 0 Å². The minimum Gasteiger partial charge on any atom is -0.465 e. The van der Waals surface area contributed by atoms with Gasteiger partial charge in [0.25, 0.3) is 0 Å². The molecule has 61 heavy (non-hydrogen) atoms. The number of nitrogens with zero attached hydrogens (tertiary/aromatic N) is 1. The predicted octanol–water partition coefficient (Wildman–Crippen LogP) is 6.15. The summed E-state index contributed by atoms with van der Waals surface area (Å²) in [5.74, 6) is -72.8. The van der Waals surface area contributed by atoms with E-state index in [2.05, 4.69) is 9.47 Å². The number of carbonyl (C=O) groups excluding carboxylic acids is 2. The van der Waals surface area contributed by atoms with Crippen LogP contribution in [0.4, 0.5) is 87.8 Å². The summed E-state index contributed by atoms with van der Waals surface area (Å²) < 4.78 is 305. The zero-order chi connectivity index (χ0) is 46.3. The molecule has 1 heterocycles. The van der Waals surface area contributed by atoms with E-state index >= 15 is 35.1 Å². The number of ether oxygens (including phenoxy) is 2. The third-order valence-electron chi connectivity index (χ3n) is 8.55. The second-order valence-electron chi connectivity index (χ2n) is 11.6. The molecule has 5 aromatic rings. The summed E-state index contributed by atoms with van der Waals surface area (Å²) in [6, 6.07) is 0. The number of rotatable bonds is 8. The molecular formula is C34H12BF20NO4S. The van der Waals surface area contributed by atoms with Crippen LogP contribution in [0.3, 0.4) is 0 Å². The Morgan fingerprint density at radius 1 is 0.459 bits per heavy atom. The summed E-state index contributed by atoms with van der Waals surface area (Å²) in [6.45, 7) is 0.420. The Morgan fingerprint density at radius 2 is 0.689 bits per heavy atom. The first-order chi connectivity index (χ1) is 28.4. The highest BCUT2D eigenvalue weighted by Gasteiger charge is 2.52. The Hall–Kier alpha value is -6.15. The van der Waals surface area contributed by atoms with Gasteiger partial charge in [-0.3, -0.25) is 0 Å². The van der Waals surface area contributed by atoms with Crippen LogP contribution in [0, 0.1) is 116 Å². The van der Waals surface area contributed by atoms with E-state index in [1.54, 1.807) is 0 Å². The highest BCUT2D eigenvalue weighted by atomic mass is 32.1. The number of thiazole rings is 1. The Balaban J connectivity index is 0.000000430. The van der Waals surface area contributed by atoms with Gasteiger partial charge in [-0.25, -0.2) is 97.4 Å². The van der Waals surface area contributed by atoms with Crippen molar-refractivity contribution >= 4 is 51.3 Å². The smallest absolute Gasteiger partial charge is 0.345 e. The molecule has 27 heteroatoms. The Labute approximate surface area is 328 Å². The van der Waals surface area contributed by atoms with Crippen molar-refractivity contribution in [2.45, 2.75) is 6.54 Å². The molecule has 0 saturated heterocycles. The molecule has 326 valence electrons. The lowest BCUT2D eigenvalue weighted by Gasteiger charge is -2.44. The lowest BCUT2D eigenvalue weighted by Crippen LogP contribution is -2.81. The van der Waals surface area contributed by atoms with E-state index in [-0.39, 0.29) is 5.57 Å². The molecule has 0 unspecified atom stereocenters. The average molecular weight is 921 g/mol. The number of benzene rings is 4. The summed E-state index contributed by atoms with van der Waals surface area (Å²) in [4.78, 5) is 22.5. The zero-order valence-corrected chi connectivity index (χ0v) is 30.0. The van der Waals surface area contributed by atoms with Gasteiger partial charge in [-0.1, -0.05) is 11.3 Å². The normalized spacial score (nSPS) is 11.3. The van der Waals surface area contributed by atoms with Gasteiger partial charge in [0.05, 0.1) is 19.6 Å². The third-order valence-corrected chi connectivity index (χ3v) is 9.22. The summed E-state index contributed by atoms with van der Waals surface area (Å²) in [7, 11) is 2.44. The predicted molar refractivity (Wildman–Crippen MR) is 166 cm³/mol. The number of esters is 2. The molecule has 0 spiro atoms. The van der Waals surface area contributed by atoms with Crippen molar-refractivity contribution < 1.29 is 111 Å². The van der Waals surface area contributed by atoms with Crippen LogP contribution >= 0.6 is 11.3 Å². The molecule has 4 aromatic carbocycles. The first-order valence-corrected chi connectivity index (χ1v) is 16.3. The Bertz CT molecular complexity index is 2240. The molecule has 0 aliphatic carbocycles.